The molecule has 4 nitrogen and oxygen atoms in total. The van der Waals surface area contributed by atoms with E-state index >= 15 is 0 Å². The lowest BCUT2D eigenvalue weighted by molar-refractivity contribution is 0.568. The van der Waals surface area contributed by atoms with Crippen molar-refractivity contribution >= 4 is 0 Å². The van der Waals surface area contributed by atoms with Crippen LogP contribution in [0.15, 0.2) is 30.6 Å². The molecule has 0 aliphatic carbocycles. The van der Waals surface area contributed by atoms with Gasteiger partial charge in [0.25, 0.3) is 0 Å². The zero-order valence-electron chi connectivity index (χ0n) is 10.3. The molecule has 1 atom stereocenters. The topological polar surface area (TPSA) is 53.6 Å². The Morgan fingerprint density at radius 2 is 2.18 bits per heavy atom. The summed E-state index contributed by atoms with van der Waals surface area (Å²) in [6.45, 7) is 5.22. The molecule has 2 N–H and O–H groups in total. The van der Waals surface area contributed by atoms with Gasteiger partial charge < -0.3 is 5.32 Å². The fraction of sp³-hybridized carbons (Fsp3) is 0.385. The first-order valence-corrected chi connectivity index (χ1v) is 5.90. The fourth-order valence-electron chi connectivity index (χ4n) is 1.94. The number of hydrogen-bond acceptors (Lipinski definition) is 3. The largest absolute Gasteiger partial charge is 0.310 e. The average Bonchev–Trinajstić information content (AvgIpc) is 2.82. The molecule has 1 heterocycles. The number of rotatable bonds is 5. The summed E-state index contributed by atoms with van der Waals surface area (Å²) in [7, 11) is 0. The van der Waals surface area contributed by atoms with E-state index in [9.17, 15) is 0 Å². The van der Waals surface area contributed by atoms with E-state index in [1.54, 1.807) is 6.33 Å². The van der Waals surface area contributed by atoms with E-state index in [4.69, 9.17) is 0 Å². The third-order valence-corrected chi connectivity index (χ3v) is 2.93. The molecule has 0 spiro atoms. The number of nitrogens with zero attached hydrogens (tertiary/aromatic N) is 2. The van der Waals surface area contributed by atoms with Crippen molar-refractivity contribution in [2.75, 3.05) is 6.54 Å². The number of aromatic amines is 1. The van der Waals surface area contributed by atoms with Gasteiger partial charge in [0, 0.05) is 19.0 Å². The van der Waals surface area contributed by atoms with Gasteiger partial charge in [0.05, 0.1) is 0 Å². The van der Waals surface area contributed by atoms with Gasteiger partial charge in [-0.2, -0.15) is 5.10 Å². The minimum absolute atomic E-state index is 0.360. The van der Waals surface area contributed by atoms with Crippen LogP contribution in [0.5, 0.6) is 0 Å². The minimum Gasteiger partial charge on any atom is -0.310 e. The molecule has 0 aliphatic heterocycles. The molecule has 0 saturated carbocycles. The molecule has 0 amide bonds. The van der Waals surface area contributed by atoms with Gasteiger partial charge in [0.2, 0.25) is 0 Å². The van der Waals surface area contributed by atoms with E-state index in [0.717, 1.165) is 18.8 Å². The summed E-state index contributed by atoms with van der Waals surface area (Å²) in [6, 6.07) is 8.82. The second kappa shape index (κ2) is 5.59. The number of aromatic nitrogens is 3. The molecular formula is C13H18N4. The van der Waals surface area contributed by atoms with Crippen molar-refractivity contribution in [2.45, 2.75) is 26.3 Å². The van der Waals surface area contributed by atoms with Gasteiger partial charge in [-0.05, 0) is 25.0 Å². The summed E-state index contributed by atoms with van der Waals surface area (Å²) in [5.41, 5.74) is 2.68. The van der Waals surface area contributed by atoms with Crippen molar-refractivity contribution in [3.8, 4) is 0 Å². The first-order valence-electron chi connectivity index (χ1n) is 5.90. The highest BCUT2D eigenvalue weighted by Crippen LogP contribution is 2.16. The number of hydrogen-bond donors (Lipinski definition) is 2. The van der Waals surface area contributed by atoms with Gasteiger partial charge in [-0.1, -0.05) is 24.3 Å². The molecule has 4 heteroatoms. The maximum Gasteiger partial charge on any atom is 0.137 e. The monoisotopic (exact) mass is 230 g/mol. The summed E-state index contributed by atoms with van der Waals surface area (Å²) in [6.07, 6.45) is 2.41. The molecule has 1 aromatic heterocycles. The van der Waals surface area contributed by atoms with Crippen LogP contribution in [0.1, 0.15) is 29.9 Å². The highest BCUT2D eigenvalue weighted by atomic mass is 15.2. The maximum atomic E-state index is 4.10. The Hall–Kier alpha value is -1.68. The predicted molar refractivity (Wildman–Crippen MR) is 67.7 cm³/mol. The standard InChI is InChI=1S/C13H18N4/c1-10-5-3-4-6-12(10)11(2)14-8-7-13-15-9-16-17-13/h3-6,9,11,14H,7-8H2,1-2H3,(H,15,16,17). The highest BCUT2D eigenvalue weighted by Gasteiger charge is 2.06. The van der Waals surface area contributed by atoms with E-state index in [1.165, 1.54) is 11.1 Å². The van der Waals surface area contributed by atoms with Crippen LogP contribution in [0.25, 0.3) is 0 Å². The highest BCUT2D eigenvalue weighted by molar-refractivity contribution is 5.28. The summed E-state index contributed by atoms with van der Waals surface area (Å²) >= 11 is 0. The van der Waals surface area contributed by atoms with E-state index < -0.39 is 0 Å². The minimum atomic E-state index is 0.360. The first-order chi connectivity index (χ1) is 8.27. The Morgan fingerprint density at radius 1 is 1.35 bits per heavy atom. The molecule has 1 unspecified atom stereocenters. The van der Waals surface area contributed by atoms with Crippen LogP contribution in [0.3, 0.4) is 0 Å². The molecule has 90 valence electrons. The van der Waals surface area contributed by atoms with Crippen molar-refractivity contribution in [2.24, 2.45) is 0 Å². The van der Waals surface area contributed by atoms with E-state index in [-0.39, 0.29) is 0 Å². The van der Waals surface area contributed by atoms with Gasteiger partial charge in [-0.25, -0.2) is 4.98 Å². The lowest BCUT2D eigenvalue weighted by Gasteiger charge is -2.15. The number of nitrogens with one attached hydrogen (secondary N) is 2. The van der Waals surface area contributed by atoms with Crippen molar-refractivity contribution in [1.29, 1.82) is 0 Å². The van der Waals surface area contributed by atoms with Gasteiger partial charge in [0.1, 0.15) is 12.2 Å². The zero-order valence-corrected chi connectivity index (χ0v) is 10.3. The van der Waals surface area contributed by atoms with Crippen molar-refractivity contribution in [1.82, 2.24) is 20.5 Å². The zero-order chi connectivity index (χ0) is 12.1. The van der Waals surface area contributed by atoms with E-state index in [1.807, 2.05) is 0 Å². The molecule has 1 aromatic carbocycles. The second-order valence-corrected chi connectivity index (χ2v) is 4.21. The van der Waals surface area contributed by atoms with Crippen LogP contribution in [-0.4, -0.2) is 21.7 Å². The summed E-state index contributed by atoms with van der Waals surface area (Å²) < 4.78 is 0. The molecular weight excluding hydrogens is 212 g/mol. The van der Waals surface area contributed by atoms with E-state index in [0.29, 0.717) is 6.04 Å². The molecule has 0 saturated heterocycles. The molecule has 17 heavy (non-hydrogen) atoms. The first kappa shape index (κ1) is 11.8. The lowest BCUT2D eigenvalue weighted by Crippen LogP contribution is -2.22. The van der Waals surface area contributed by atoms with Crippen molar-refractivity contribution in [3.05, 3.63) is 47.5 Å². The number of H-pyrrole nitrogens is 1. The van der Waals surface area contributed by atoms with Gasteiger partial charge in [-0.3, -0.25) is 5.10 Å². The summed E-state index contributed by atoms with van der Waals surface area (Å²) in [4.78, 5) is 4.10. The quantitative estimate of drug-likeness (QED) is 0.826. The van der Waals surface area contributed by atoms with Crippen LogP contribution in [-0.2, 0) is 6.42 Å². The maximum absolute atomic E-state index is 4.10. The molecule has 0 bridgehead atoms. The molecule has 2 rings (SSSR count). The average molecular weight is 230 g/mol. The SMILES string of the molecule is Cc1ccccc1C(C)NCCc1ncn[nH]1. The van der Waals surface area contributed by atoms with Gasteiger partial charge >= 0.3 is 0 Å². The Balaban J connectivity index is 1.85. The van der Waals surface area contributed by atoms with Crippen molar-refractivity contribution in [3.63, 3.8) is 0 Å². The molecule has 2 aromatic rings. The van der Waals surface area contributed by atoms with E-state index in [2.05, 4.69) is 58.6 Å². The molecule has 0 radical (unpaired) electrons. The Bertz CT molecular complexity index is 450. The normalized spacial score (nSPS) is 12.6. The molecule has 0 fully saturated rings. The summed E-state index contributed by atoms with van der Waals surface area (Å²) in [5.74, 6) is 0.925. The molecule has 0 aliphatic rings. The van der Waals surface area contributed by atoms with Crippen LogP contribution < -0.4 is 5.32 Å². The van der Waals surface area contributed by atoms with Crippen LogP contribution in [0, 0.1) is 6.92 Å². The Kier molecular flexibility index (Phi) is 3.88. The third kappa shape index (κ3) is 3.14. The fourth-order valence-corrected chi connectivity index (χ4v) is 1.94. The van der Waals surface area contributed by atoms with Gasteiger partial charge in [-0.15, -0.1) is 0 Å². The summed E-state index contributed by atoms with van der Waals surface area (Å²) in [5, 5.41) is 10.2. The Labute approximate surface area is 101 Å². The van der Waals surface area contributed by atoms with Gasteiger partial charge in [0.15, 0.2) is 0 Å². The second-order valence-electron chi connectivity index (χ2n) is 4.21. The van der Waals surface area contributed by atoms with Crippen LogP contribution >= 0.6 is 0 Å². The van der Waals surface area contributed by atoms with Crippen molar-refractivity contribution < 1.29 is 0 Å². The predicted octanol–water partition coefficient (Wildman–Crippen LogP) is 2.01. The third-order valence-electron chi connectivity index (χ3n) is 2.93. The van der Waals surface area contributed by atoms with Crippen LogP contribution in [0.2, 0.25) is 0 Å². The number of benzene rings is 1. The lowest BCUT2D eigenvalue weighted by atomic mass is 10.0. The Morgan fingerprint density at radius 3 is 2.88 bits per heavy atom. The smallest absolute Gasteiger partial charge is 0.137 e. The van der Waals surface area contributed by atoms with Crippen LogP contribution in [0.4, 0.5) is 0 Å². The number of aryl methyl sites for hydroxylation is 1.